The van der Waals surface area contributed by atoms with Crippen LogP contribution in [0.25, 0.3) is 10.2 Å². The van der Waals surface area contributed by atoms with E-state index in [1.807, 2.05) is 54.8 Å². The average Bonchev–Trinajstić information content (AvgIpc) is 3.36. The first-order valence-electron chi connectivity index (χ1n) is 11.8. The number of carbonyl (C=O) groups excluding carboxylic acids is 1. The lowest BCUT2D eigenvalue weighted by molar-refractivity contribution is -0.120. The number of rotatable bonds is 6. The van der Waals surface area contributed by atoms with Gasteiger partial charge in [0, 0.05) is 24.8 Å². The van der Waals surface area contributed by atoms with Gasteiger partial charge in [-0.3, -0.25) is 14.2 Å². The van der Waals surface area contributed by atoms with Gasteiger partial charge in [-0.25, -0.2) is 4.98 Å². The summed E-state index contributed by atoms with van der Waals surface area (Å²) in [6.45, 7) is 3.74. The molecule has 0 aliphatic carbocycles. The summed E-state index contributed by atoms with van der Waals surface area (Å²) in [6, 6.07) is 17.4. The first-order valence-corrected chi connectivity index (χ1v) is 12.6. The zero-order chi connectivity index (χ0) is 24.4. The van der Waals surface area contributed by atoms with Crippen molar-refractivity contribution in [3.8, 4) is 5.75 Å². The van der Waals surface area contributed by atoms with E-state index in [0.29, 0.717) is 40.7 Å². The van der Waals surface area contributed by atoms with Crippen molar-refractivity contribution in [2.75, 3.05) is 30.4 Å². The third-order valence-corrected chi connectivity index (χ3v) is 7.31. The van der Waals surface area contributed by atoms with Crippen molar-refractivity contribution in [2.24, 2.45) is 5.92 Å². The number of aryl methyl sites for hydroxylation is 1. The van der Waals surface area contributed by atoms with Gasteiger partial charge in [-0.1, -0.05) is 35.9 Å². The van der Waals surface area contributed by atoms with Gasteiger partial charge in [0.1, 0.15) is 10.4 Å². The largest absolute Gasteiger partial charge is 0.497 e. The summed E-state index contributed by atoms with van der Waals surface area (Å²) in [5.74, 6) is 1.08. The molecule has 4 aromatic rings. The van der Waals surface area contributed by atoms with Crippen molar-refractivity contribution < 1.29 is 9.53 Å². The maximum absolute atomic E-state index is 13.5. The van der Waals surface area contributed by atoms with Crippen LogP contribution in [0.2, 0.25) is 0 Å². The van der Waals surface area contributed by atoms with Crippen LogP contribution in [0.1, 0.15) is 24.0 Å². The van der Waals surface area contributed by atoms with E-state index in [0.717, 1.165) is 24.9 Å². The van der Waals surface area contributed by atoms with E-state index in [-0.39, 0.29) is 17.4 Å². The lowest BCUT2D eigenvalue weighted by Gasteiger charge is -2.34. The smallest absolute Gasteiger partial charge is 0.273 e. The topological polar surface area (TPSA) is 76.5 Å². The molecule has 0 radical (unpaired) electrons. The van der Waals surface area contributed by atoms with Crippen LogP contribution < -0.4 is 20.5 Å². The van der Waals surface area contributed by atoms with E-state index >= 15 is 0 Å². The first-order chi connectivity index (χ1) is 17.0. The molecule has 1 aliphatic heterocycles. The van der Waals surface area contributed by atoms with Gasteiger partial charge in [0.25, 0.3) is 5.56 Å². The number of thiophene rings is 1. The molecule has 0 spiro atoms. The number of methoxy groups -OCH3 is 1. The zero-order valence-electron chi connectivity index (χ0n) is 19.9. The Morgan fingerprint density at radius 1 is 1.20 bits per heavy atom. The summed E-state index contributed by atoms with van der Waals surface area (Å²) in [7, 11) is 1.60. The minimum atomic E-state index is -0.210. The van der Waals surface area contributed by atoms with E-state index in [9.17, 15) is 9.59 Å². The van der Waals surface area contributed by atoms with Crippen LogP contribution >= 0.6 is 11.3 Å². The Hall–Kier alpha value is -3.65. The number of amides is 1. The highest BCUT2D eigenvalue weighted by molar-refractivity contribution is 7.17. The molecule has 1 fully saturated rings. The van der Waals surface area contributed by atoms with Gasteiger partial charge >= 0.3 is 0 Å². The van der Waals surface area contributed by atoms with Crippen LogP contribution in [0.3, 0.4) is 0 Å². The number of hydrogen-bond donors (Lipinski definition) is 1. The molecule has 180 valence electrons. The molecule has 0 saturated carbocycles. The first kappa shape index (κ1) is 23.1. The van der Waals surface area contributed by atoms with E-state index in [1.54, 1.807) is 11.7 Å². The Morgan fingerprint density at radius 3 is 2.83 bits per heavy atom. The second kappa shape index (κ2) is 9.92. The molecule has 1 aliphatic rings. The Balaban J connectivity index is 1.43. The third kappa shape index (κ3) is 4.93. The number of nitrogens with zero attached hydrogens (tertiary/aromatic N) is 3. The predicted molar refractivity (Wildman–Crippen MR) is 141 cm³/mol. The minimum absolute atomic E-state index is 0.0352. The fourth-order valence-electron chi connectivity index (χ4n) is 4.51. The second-order valence-electron chi connectivity index (χ2n) is 8.93. The summed E-state index contributed by atoms with van der Waals surface area (Å²) < 4.78 is 7.68. The second-order valence-corrected chi connectivity index (χ2v) is 9.85. The summed E-state index contributed by atoms with van der Waals surface area (Å²) in [5, 5.41) is 4.92. The van der Waals surface area contributed by atoms with Gasteiger partial charge in [-0.05, 0) is 48.9 Å². The number of anilines is 2. The van der Waals surface area contributed by atoms with Crippen LogP contribution in [-0.2, 0) is 11.3 Å². The van der Waals surface area contributed by atoms with Gasteiger partial charge in [0.2, 0.25) is 11.9 Å². The maximum atomic E-state index is 13.5. The Morgan fingerprint density at radius 2 is 2.03 bits per heavy atom. The van der Waals surface area contributed by atoms with E-state index in [1.165, 1.54) is 16.9 Å². The number of nitrogens with one attached hydrogen (secondary N) is 1. The minimum Gasteiger partial charge on any atom is -0.497 e. The molecule has 1 unspecified atom stereocenters. The number of ether oxygens (including phenoxy) is 1. The van der Waals surface area contributed by atoms with Crippen molar-refractivity contribution in [3.05, 3.63) is 81.5 Å². The van der Waals surface area contributed by atoms with Crippen LogP contribution in [0, 0.1) is 12.8 Å². The average molecular weight is 489 g/mol. The Bertz CT molecular complexity index is 1410. The van der Waals surface area contributed by atoms with Crippen LogP contribution in [0.4, 0.5) is 11.6 Å². The van der Waals surface area contributed by atoms with E-state index in [4.69, 9.17) is 9.72 Å². The predicted octanol–water partition coefficient (Wildman–Crippen LogP) is 4.68. The van der Waals surface area contributed by atoms with Crippen LogP contribution in [0.15, 0.2) is 64.8 Å². The fourth-order valence-corrected chi connectivity index (χ4v) is 5.29. The van der Waals surface area contributed by atoms with Crippen molar-refractivity contribution in [1.29, 1.82) is 0 Å². The monoisotopic (exact) mass is 488 g/mol. The van der Waals surface area contributed by atoms with Crippen molar-refractivity contribution in [1.82, 2.24) is 9.55 Å². The summed E-state index contributed by atoms with van der Waals surface area (Å²) in [4.78, 5) is 33.6. The number of hydrogen-bond acceptors (Lipinski definition) is 6. The highest BCUT2D eigenvalue weighted by atomic mass is 32.1. The van der Waals surface area contributed by atoms with Gasteiger partial charge in [0.05, 0.1) is 25.1 Å². The van der Waals surface area contributed by atoms with Crippen LogP contribution in [0.5, 0.6) is 5.75 Å². The Kier molecular flexibility index (Phi) is 6.55. The number of aromatic nitrogens is 2. The lowest BCUT2D eigenvalue weighted by Crippen LogP contribution is -2.43. The quantitative estimate of drug-likeness (QED) is 0.427. The third-order valence-electron chi connectivity index (χ3n) is 6.42. The molecular formula is C27H28N4O3S. The number of carbonyl (C=O) groups is 1. The molecule has 2 aromatic carbocycles. The molecule has 1 N–H and O–H groups in total. The molecule has 1 amide bonds. The van der Waals surface area contributed by atoms with E-state index in [2.05, 4.69) is 22.3 Å². The lowest BCUT2D eigenvalue weighted by atomic mass is 9.97. The van der Waals surface area contributed by atoms with Gasteiger partial charge < -0.3 is 15.0 Å². The molecular weight excluding hydrogens is 460 g/mol. The van der Waals surface area contributed by atoms with Gasteiger partial charge in [0.15, 0.2) is 0 Å². The molecule has 5 rings (SSSR count). The number of fused-ring (bicyclic) bond motifs is 1. The standard InChI is InChI=1S/C27H28N4O3S/c1-18-8-10-19(11-9-18)16-31-26(33)24-23(12-14-35-24)29-27(31)30-13-4-5-20(17-30)25(32)28-21-6-3-7-22(15-21)34-2/h3,6-12,14-15,20H,4-5,13,16-17H2,1-2H3,(H,28,32). The molecule has 8 heteroatoms. The van der Waals surface area contributed by atoms with Crippen molar-refractivity contribution >= 4 is 39.1 Å². The highest BCUT2D eigenvalue weighted by Crippen LogP contribution is 2.26. The van der Waals surface area contributed by atoms with Gasteiger partial charge in [-0.2, -0.15) is 0 Å². The molecule has 7 nitrogen and oxygen atoms in total. The summed E-state index contributed by atoms with van der Waals surface area (Å²) in [5.41, 5.74) is 3.59. The van der Waals surface area contributed by atoms with Crippen LogP contribution in [-0.4, -0.2) is 35.7 Å². The number of piperidine rings is 1. The molecule has 1 saturated heterocycles. The number of benzene rings is 2. The SMILES string of the molecule is COc1cccc(NC(=O)C2CCCN(c3nc4ccsc4c(=O)n3Cc3ccc(C)cc3)C2)c1. The maximum Gasteiger partial charge on any atom is 0.273 e. The summed E-state index contributed by atoms with van der Waals surface area (Å²) >= 11 is 1.42. The van der Waals surface area contributed by atoms with E-state index < -0.39 is 0 Å². The Labute approximate surface area is 208 Å². The molecule has 35 heavy (non-hydrogen) atoms. The zero-order valence-corrected chi connectivity index (χ0v) is 20.7. The van der Waals surface area contributed by atoms with Crippen molar-refractivity contribution in [2.45, 2.75) is 26.3 Å². The highest BCUT2D eigenvalue weighted by Gasteiger charge is 2.29. The fraction of sp³-hybridized carbons (Fsp3) is 0.296. The molecule has 1 atom stereocenters. The molecule has 2 aromatic heterocycles. The summed E-state index contributed by atoms with van der Waals surface area (Å²) in [6.07, 6.45) is 1.63. The normalized spacial score (nSPS) is 15.8. The molecule has 0 bridgehead atoms. The van der Waals surface area contributed by atoms with Crippen molar-refractivity contribution in [3.63, 3.8) is 0 Å². The van der Waals surface area contributed by atoms with Gasteiger partial charge in [-0.15, -0.1) is 11.3 Å². The molecule has 3 heterocycles.